The molecule has 10 aromatic rings. The molecule has 2 aromatic heterocycles. The number of carbonyl (C=O) groups excluding carboxylic acids is 2. The molecule has 8 aromatic carbocycles. The van der Waals surface area contributed by atoms with Crippen LogP contribution in [0.3, 0.4) is 0 Å². The molecule has 0 spiro atoms. The fourth-order valence-corrected chi connectivity index (χ4v) is 15.8. The molecule has 0 saturated heterocycles. The number of ether oxygens (including phenoxy) is 2. The Morgan fingerprint density at radius 2 is 0.992 bits per heavy atom. The largest absolute Gasteiger partial charge is 0.526 e. The van der Waals surface area contributed by atoms with Gasteiger partial charge in [-0.15, -0.1) is 58.7 Å². The first-order valence-corrected chi connectivity index (χ1v) is 40.5. The molecule has 4 aliphatic heterocycles. The predicted octanol–water partition coefficient (Wildman–Crippen LogP) is 26.5. The van der Waals surface area contributed by atoms with Crippen LogP contribution in [0, 0.1) is 43.8 Å². The van der Waals surface area contributed by atoms with Crippen LogP contribution in [0.15, 0.2) is 288 Å². The Kier molecular flexibility index (Phi) is 30.6. The maximum Gasteiger partial charge on any atom is 0.526 e. The van der Waals surface area contributed by atoms with Crippen LogP contribution in [0.4, 0.5) is 11.4 Å². The zero-order valence-electron chi connectivity index (χ0n) is 73.2. The molecule has 2 aliphatic carbocycles. The molecule has 628 valence electrons. The molecule has 2 radical (unpaired) electrons. The van der Waals surface area contributed by atoms with Crippen molar-refractivity contribution < 1.29 is 69.5 Å². The van der Waals surface area contributed by atoms with Gasteiger partial charge >= 0.3 is 11.6 Å². The van der Waals surface area contributed by atoms with E-state index in [1.54, 1.807) is 25.2 Å². The summed E-state index contributed by atoms with van der Waals surface area (Å²) in [7, 11) is 4.00. The zero-order chi connectivity index (χ0) is 87.5. The Morgan fingerprint density at radius 1 is 0.520 bits per heavy atom. The van der Waals surface area contributed by atoms with E-state index < -0.39 is 0 Å². The van der Waals surface area contributed by atoms with Crippen LogP contribution >= 0.6 is 0 Å². The van der Waals surface area contributed by atoms with Gasteiger partial charge in [0, 0.05) is 103 Å². The van der Waals surface area contributed by atoms with Crippen LogP contribution in [0.1, 0.15) is 168 Å². The van der Waals surface area contributed by atoms with Gasteiger partial charge in [-0.25, -0.2) is 0 Å². The van der Waals surface area contributed by atoms with E-state index in [1.807, 2.05) is 85.9 Å². The number of hydrogen-bond acceptors (Lipinski definition) is 10. The summed E-state index contributed by atoms with van der Waals surface area (Å²) in [6, 6.07) is 68.9. The number of fused-ring (bicyclic) bond motifs is 8. The number of para-hydroxylation sites is 1. The summed E-state index contributed by atoms with van der Waals surface area (Å²) in [6.07, 6.45) is 21.4. The molecular weight excluding hydrogens is 1880 g/mol. The number of ketones is 2. The summed E-state index contributed by atoms with van der Waals surface area (Å²) < 4.78 is 11.8. The molecule has 0 amide bonds. The van der Waals surface area contributed by atoms with Crippen molar-refractivity contribution in [3.05, 3.63) is 390 Å². The third-order valence-electron chi connectivity index (χ3n) is 22.3. The summed E-state index contributed by atoms with van der Waals surface area (Å²) in [5.74, 6) is 2.68. The Morgan fingerprint density at radius 3 is 1.50 bits per heavy atom. The number of aromatic nitrogens is 2. The van der Waals surface area contributed by atoms with Gasteiger partial charge in [-0.3, -0.25) is 14.6 Å². The number of aliphatic hydroxyl groups excluding tert-OH is 2. The molecule has 2 N–H and O–H groups in total. The number of carbonyl (C=O) groups is 2. The van der Waals surface area contributed by atoms with Crippen LogP contribution in [-0.4, -0.2) is 58.9 Å². The predicted molar refractivity (Wildman–Crippen MR) is 494 cm³/mol. The maximum absolute atomic E-state index is 10.0. The van der Waals surface area contributed by atoms with E-state index in [0.29, 0.717) is 28.4 Å². The van der Waals surface area contributed by atoms with Crippen molar-refractivity contribution in [1.29, 1.82) is 0 Å². The van der Waals surface area contributed by atoms with Gasteiger partial charge in [0.15, 0.2) is 11.6 Å². The summed E-state index contributed by atoms with van der Waals surface area (Å²) in [5, 5.41) is 20.3. The SMILES string of the molecule is CC(=O)C=C(C)O.CC(=O)C=C(C)O.CC1(C)c2ccccc2-c2c[c-]c(-c3ccc4ccccc4n3)cc21.CC1(C)c2ccccc2-c2c[c-]c(-c3nccc4ccccc34)cc21.[C-]#[N+]C([N+]#[C-])=C1C=C(/C=C/c2cc3c4c(c2)C(C)(C)CCN4CCC3(C)C)OC(C(C)(C)C)=C1.[C-]#[N+]C([N+]#[C-])=C1C=C(C)OC(/C=C/c2ccc(N(C)C)cc2)=C1.[Ir].[Ir]. The molecule has 0 unspecified atom stereocenters. The number of benzene rings is 8. The van der Waals surface area contributed by atoms with E-state index in [4.69, 9.17) is 51.0 Å². The molecule has 16 rings (SSSR count). The second-order valence-electron chi connectivity index (χ2n) is 34.4. The number of aliphatic hydroxyl groups is 2. The van der Waals surface area contributed by atoms with Gasteiger partial charge in [0.2, 0.25) is 0 Å². The third-order valence-corrected chi connectivity index (χ3v) is 22.3. The van der Waals surface area contributed by atoms with Crippen molar-refractivity contribution in [3.8, 4) is 44.8 Å². The summed E-state index contributed by atoms with van der Waals surface area (Å²) in [5.41, 5.74) is 24.8. The molecule has 0 saturated carbocycles. The average Bonchev–Trinajstić information content (AvgIpc) is 1.72. The minimum atomic E-state index is -0.235. The normalized spacial score (nSPS) is 15.3. The fourth-order valence-electron chi connectivity index (χ4n) is 15.8. The molecule has 14 nitrogen and oxygen atoms in total. The number of nitrogens with zero attached hydrogens (tertiary/aromatic N) is 8. The maximum atomic E-state index is 10.0. The minimum Gasteiger partial charge on any atom is -0.512 e. The number of allylic oxidation sites excluding steroid dienone is 14. The number of hydrogen-bond donors (Lipinski definition) is 2. The van der Waals surface area contributed by atoms with Crippen LogP contribution in [0.25, 0.3) is 98.0 Å². The minimum absolute atomic E-state index is 0. The Hall–Kier alpha value is -12.6. The second kappa shape index (κ2) is 39.9. The van der Waals surface area contributed by atoms with E-state index in [-0.39, 0.29) is 102 Å². The molecule has 0 bridgehead atoms. The fraction of sp³-hybridized carbons (Fsp3) is 0.252. The van der Waals surface area contributed by atoms with Gasteiger partial charge in [0.25, 0.3) is 0 Å². The van der Waals surface area contributed by atoms with Gasteiger partial charge in [-0.2, -0.15) is 19.4 Å². The van der Waals surface area contributed by atoms with E-state index in [2.05, 4.69) is 263 Å². The molecule has 0 atom stereocenters. The molecule has 16 heteroatoms. The topological polar surface area (TPSA) is 143 Å². The summed E-state index contributed by atoms with van der Waals surface area (Å²) in [6.45, 7) is 63.5. The standard InChI is InChI=1S/C30H35N3O.2C24H18N.C19H17N3O.2C5H8O2.2Ir/c1-28(2,3)25-19-21(27(31-8)32-9)18-22(34-25)11-10-20-16-23-26-24(17-20)30(6,7)13-15-33(26)14-12-29(23,4)5;1-24(2)20-9-5-4-8-18(20)19-13-11-17(15-21(19)24)23-14-12-16-7-3-6-10-22(16)25-23;1-24(2)21-10-6-5-9-19(21)20-12-11-17(15-22(20)24)23-18-8-4-3-7-16(18)13-14-25-23;1-14-12-16(19(20-2)21-3)13-18(23-14)11-8-15-6-9-17(10-7-15)22(4)5;2*1-4(6)3-5(2)7;;/h10-11,16-19H,12-15H2,1-7H3;2*3-10,12-15H,1-2H3;6-13H,1,4-5H3;2*3,6H,1-2H3;;/q;2*-1;;;;;/b11-10+;;;11-8+;;;;. The smallest absolute Gasteiger partial charge is 0.512 e. The van der Waals surface area contributed by atoms with Crippen LogP contribution in [0.5, 0.6) is 0 Å². The first-order chi connectivity index (χ1) is 57.4. The summed E-state index contributed by atoms with van der Waals surface area (Å²) >= 11 is 0. The van der Waals surface area contributed by atoms with Gasteiger partial charge < -0.3 is 34.5 Å². The van der Waals surface area contributed by atoms with Crippen molar-refractivity contribution >= 4 is 56.8 Å². The van der Waals surface area contributed by atoms with E-state index in [0.717, 1.165) is 76.5 Å². The van der Waals surface area contributed by atoms with E-state index >= 15 is 0 Å². The first-order valence-electron chi connectivity index (χ1n) is 40.5. The van der Waals surface area contributed by atoms with Crippen molar-refractivity contribution in [2.45, 2.75) is 145 Å². The van der Waals surface area contributed by atoms with E-state index in [1.165, 1.54) is 117 Å². The Labute approximate surface area is 753 Å². The summed E-state index contributed by atoms with van der Waals surface area (Å²) in [4.78, 5) is 47.5. The molecular formula is C107H104Ir2N8O6-2. The van der Waals surface area contributed by atoms with E-state index in [9.17, 15) is 9.59 Å². The number of pyridine rings is 2. The van der Waals surface area contributed by atoms with Gasteiger partial charge in [0.05, 0.1) is 28.2 Å². The Bertz CT molecular complexity index is 6120. The van der Waals surface area contributed by atoms with Crippen LogP contribution < -0.4 is 9.80 Å². The van der Waals surface area contributed by atoms with Crippen LogP contribution in [-0.2, 0) is 80.9 Å². The molecule has 6 heterocycles. The number of anilines is 2. The van der Waals surface area contributed by atoms with Crippen molar-refractivity contribution in [2.75, 3.05) is 37.0 Å². The number of rotatable bonds is 9. The van der Waals surface area contributed by atoms with Gasteiger partial charge in [-0.05, 0) is 203 Å². The van der Waals surface area contributed by atoms with Gasteiger partial charge in [0.1, 0.15) is 49.3 Å². The Balaban J connectivity index is 0.000000177. The first kappa shape index (κ1) is 94.2. The van der Waals surface area contributed by atoms with Crippen molar-refractivity contribution in [1.82, 2.24) is 9.97 Å². The zero-order valence-corrected chi connectivity index (χ0v) is 78.0. The third kappa shape index (κ3) is 22.2. The van der Waals surface area contributed by atoms with Gasteiger partial charge in [-0.1, -0.05) is 226 Å². The van der Waals surface area contributed by atoms with Crippen LogP contribution in [0.2, 0.25) is 0 Å². The van der Waals surface area contributed by atoms with Crippen molar-refractivity contribution in [3.63, 3.8) is 0 Å². The molecule has 0 fully saturated rings. The second-order valence-corrected chi connectivity index (χ2v) is 34.4. The average molecular weight is 1980 g/mol. The molecule has 6 aliphatic rings. The monoisotopic (exact) mass is 1980 g/mol. The molecule has 123 heavy (non-hydrogen) atoms. The quantitative estimate of drug-likeness (QED) is 0.0814. The van der Waals surface area contributed by atoms with Crippen molar-refractivity contribution in [2.24, 2.45) is 5.41 Å².